The minimum Gasteiger partial charge on any atom is -0.496 e. The molecule has 14 heteroatoms. The number of nitrogens with one attached hydrogen (secondary N) is 2. The van der Waals surface area contributed by atoms with Gasteiger partial charge in [0.25, 0.3) is 5.91 Å². The molecule has 2 aromatic heterocycles. The topological polar surface area (TPSA) is 159 Å². The molecule has 6 fully saturated rings. The summed E-state index contributed by atoms with van der Waals surface area (Å²) in [5, 5.41) is 26.1. The zero-order chi connectivity index (χ0) is 38.5. The molecule has 6 aliphatic carbocycles. The molecule has 1 amide bonds. The number of carboxylic acids is 2. The standard InChI is InChI=1S/C41H42Cl2N6O6/c1-48-29-9-11-49(22-39-18-41(19-39,20-39)37(53)54)14-28(29)46-34(48)35(50)47-27-5-3-4-25(31(27)42)26-8-10-45-33(32(26)43)23-6-7-24(30(12-23)55-2)13-44-21-38-15-40(16-38,17-38)36(51)52/h3-8,10,12,44H,9,11,13-22H2,1-2H3,(H,47,50)(H,51,52)(H,53,54). The number of imidazole rings is 1. The van der Waals surface area contributed by atoms with E-state index in [1.807, 2.05) is 41.9 Å². The van der Waals surface area contributed by atoms with Gasteiger partial charge in [0.2, 0.25) is 0 Å². The van der Waals surface area contributed by atoms with Crippen LogP contribution in [0.4, 0.5) is 5.69 Å². The number of hydrogen-bond donors (Lipinski definition) is 4. The van der Waals surface area contributed by atoms with Crippen LogP contribution in [0.1, 0.15) is 66.1 Å². The molecule has 6 saturated carbocycles. The monoisotopic (exact) mass is 784 g/mol. The van der Waals surface area contributed by atoms with Crippen LogP contribution in [0, 0.1) is 21.7 Å². The molecule has 0 saturated heterocycles. The van der Waals surface area contributed by atoms with Gasteiger partial charge in [0.15, 0.2) is 5.82 Å². The van der Waals surface area contributed by atoms with E-state index in [-0.39, 0.29) is 16.7 Å². The number of fused-ring (bicyclic) bond motifs is 1. The third-order valence-electron chi connectivity index (χ3n) is 13.1. The van der Waals surface area contributed by atoms with Crippen molar-refractivity contribution in [1.82, 2.24) is 24.8 Å². The van der Waals surface area contributed by atoms with Gasteiger partial charge in [-0.1, -0.05) is 47.5 Å². The SMILES string of the molecule is COc1cc(-c2nccc(-c3cccc(NC(=O)c4nc5c(n4C)CCN(CC46CC(C(=O)O)(C4)C6)C5)c3Cl)c2Cl)ccc1CNCC12CC(C(=O)O)(C1)C2. The van der Waals surface area contributed by atoms with Gasteiger partial charge in [0.1, 0.15) is 5.75 Å². The number of ether oxygens (including phenoxy) is 1. The van der Waals surface area contributed by atoms with Crippen LogP contribution in [0.3, 0.4) is 0 Å². The van der Waals surface area contributed by atoms with Crippen LogP contribution in [-0.2, 0) is 36.1 Å². The van der Waals surface area contributed by atoms with E-state index in [0.29, 0.717) is 57.2 Å². The number of anilines is 1. The fourth-order valence-electron chi connectivity index (χ4n) is 10.6. The lowest BCUT2D eigenvalue weighted by Crippen LogP contribution is -2.68. The average Bonchev–Trinajstić information content (AvgIpc) is 3.42. The lowest BCUT2D eigenvalue weighted by molar-refractivity contribution is -0.228. The molecule has 4 aromatic rings. The minimum atomic E-state index is -0.673. The summed E-state index contributed by atoms with van der Waals surface area (Å²) in [5.41, 5.74) is 5.11. The van der Waals surface area contributed by atoms with Crippen LogP contribution in [0.25, 0.3) is 22.4 Å². The van der Waals surface area contributed by atoms with Crippen molar-refractivity contribution in [3.63, 3.8) is 0 Å². The molecule has 1 aliphatic heterocycles. The zero-order valence-corrected chi connectivity index (χ0v) is 32.2. The number of carbonyl (C=O) groups excluding carboxylic acids is 1. The molecule has 0 unspecified atom stereocenters. The summed E-state index contributed by atoms with van der Waals surface area (Å²) in [6, 6.07) is 13.0. The van der Waals surface area contributed by atoms with Crippen molar-refractivity contribution in [3.8, 4) is 28.1 Å². The largest absolute Gasteiger partial charge is 0.496 e. The van der Waals surface area contributed by atoms with Crippen LogP contribution >= 0.6 is 23.2 Å². The van der Waals surface area contributed by atoms with Crippen LogP contribution < -0.4 is 15.4 Å². The highest BCUT2D eigenvalue weighted by Gasteiger charge is 2.72. The fraction of sp³-hybridized carbons (Fsp3) is 0.439. The number of halogens is 2. The molecule has 286 valence electrons. The number of aromatic nitrogens is 3. The average molecular weight is 786 g/mol. The Hall–Kier alpha value is -4.49. The number of nitrogens with zero attached hydrogens (tertiary/aromatic N) is 4. The fourth-order valence-corrected chi connectivity index (χ4v) is 11.2. The first-order chi connectivity index (χ1) is 26.3. The molecule has 7 aliphatic rings. The second kappa shape index (κ2) is 12.8. The summed E-state index contributed by atoms with van der Waals surface area (Å²) < 4.78 is 7.61. The van der Waals surface area contributed by atoms with Gasteiger partial charge >= 0.3 is 11.9 Å². The quantitative estimate of drug-likeness (QED) is 0.115. The minimum absolute atomic E-state index is 0.0956. The highest BCUT2D eigenvalue weighted by molar-refractivity contribution is 6.39. The number of rotatable bonds is 13. The van der Waals surface area contributed by atoms with Gasteiger partial charge in [0.05, 0.1) is 45.1 Å². The summed E-state index contributed by atoms with van der Waals surface area (Å²) in [4.78, 5) is 48.4. The Morgan fingerprint density at radius 1 is 0.927 bits per heavy atom. The third kappa shape index (κ3) is 5.74. The Kier molecular flexibility index (Phi) is 8.40. The number of methoxy groups -OCH3 is 1. The van der Waals surface area contributed by atoms with E-state index in [9.17, 15) is 24.6 Å². The summed E-state index contributed by atoms with van der Waals surface area (Å²) in [7, 11) is 3.48. The second-order valence-electron chi connectivity index (χ2n) is 16.9. The smallest absolute Gasteiger partial charge is 0.309 e. The number of amides is 1. The first-order valence-corrected chi connectivity index (χ1v) is 19.4. The predicted octanol–water partition coefficient (Wildman–Crippen LogP) is 6.67. The van der Waals surface area contributed by atoms with Gasteiger partial charge in [-0.15, -0.1) is 0 Å². The first-order valence-electron chi connectivity index (χ1n) is 18.6. The Labute approximate surface area is 328 Å². The Balaban J connectivity index is 0.877. The van der Waals surface area contributed by atoms with E-state index in [2.05, 4.69) is 20.5 Å². The summed E-state index contributed by atoms with van der Waals surface area (Å²) >= 11 is 14.0. The van der Waals surface area contributed by atoms with Crippen molar-refractivity contribution < 1.29 is 29.3 Å². The molecule has 0 radical (unpaired) electrons. The second-order valence-corrected chi connectivity index (χ2v) is 17.6. The molecule has 12 nitrogen and oxygen atoms in total. The van der Waals surface area contributed by atoms with E-state index in [0.717, 1.165) is 87.1 Å². The predicted molar refractivity (Wildman–Crippen MR) is 206 cm³/mol. The maximum atomic E-state index is 13.7. The maximum Gasteiger partial charge on any atom is 0.309 e. The number of carboxylic acid groups (broad SMARTS) is 2. The number of carbonyl (C=O) groups is 3. The van der Waals surface area contributed by atoms with Crippen molar-refractivity contribution >= 4 is 46.7 Å². The van der Waals surface area contributed by atoms with Crippen molar-refractivity contribution in [3.05, 3.63) is 81.5 Å². The zero-order valence-electron chi connectivity index (χ0n) is 30.7. The van der Waals surface area contributed by atoms with E-state index in [4.69, 9.17) is 32.9 Å². The van der Waals surface area contributed by atoms with Crippen LogP contribution in [0.5, 0.6) is 5.75 Å². The van der Waals surface area contributed by atoms with Crippen molar-refractivity contribution in [2.45, 2.75) is 58.0 Å². The van der Waals surface area contributed by atoms with E-state index in [1.165, 1.54) is 0 Å². The van der Waals surface area contributed by atoms with Gasteiger partial charge in [-0.3, -0.25) is 24.3 Å². The van der Waals surface area contributed by atoms with Crippen molar-refractivity contribution in [2.75, 3.05) is 32.1 Å². The van der Waals surface area contributed by atoms with E-state index < -0.39 is 22.8 Å². The molecule has 4 N–H and O–H groups in total. The number of benzene rings is 2. The number of pyridine rings is 1. The normalized spacial score (nSPS) is 27.1. The molecule has 2 aromatic carbocycles. The Bertz CT molecular complexity index is 2270. The lowest BCUT2D eigenvalue weighted by Gasteiger charge is -2.69. The maximum absolute atomic E-state index is 13.7. The first kappa shape index (κ1) is 36.2. The van der Waals surface area contributed by atoms with Crippen LogP contribution in [-0.4, -0.2) is 74.2 Å². The van der Waals surface area contributed by atoms with Crippen LogP contribution in [0.15, 0.2) is 48.7 Å². The van der Waals surface area contributed by atoms with Gasteiger partial charge in [-0.05, 0) is 67.6 Å². The van der Waals surface area contributed by atoms with E-state index in [1.54, 1.807) is 25.4 Å². The number of hydrogen-bond acceptors (Lipinski definition) is 8. The number of aliphatic carboxylic acids is 2. The molecule has 3 heterocycles. The molecule has 0 atom stereocenters. The lowest BCUT2D eigenvalue weighted by atomic mass is 9.35. The van der Waals surface area contributed by atoms with Crippen LogP contribution in [0.2, 0.25) is 10.0 Å². The van der Waals surface area contributed by atoms with Gasteiger partial charge in [0, 0.05) is 80.3 Å². The molecule has 0 spiro atoms. The molecule has 4 bridgehead atoms. The van der Waals surface area contributed by atoms with Gasteiger partial charge < -0.3 is 30.2 Å². The molecular weight excluding hydrogens is 743 g/mol. The molecule has 55 heavy (non-hydrogen) atoms. The summed E-state index contributed by atoms with van der Waals surface area (Å²) in [5.74, 6) is -0.734. The highest BCUT2D eigenvalue weighted by Crippen LogP contribution is 2.74. The van der Waals surface area contributed by atoms with Gasteiger partial charge in [-0.25, -0.2) is 4.98 Å². The van der Waals surface area contributed by atoms with Gasteiger partial charge in [-0.2, -0.15) is 0 Å². The Morgan fingerprint density at radius 3 is 2.31 bits per heavy atom. The molecular formula is C41H42Cl2N6O6. The van der Waals surface area contributed by atoms with Crippen molar-refractivity contribution in [1.29, 1.82) is 0 Å². The third-order valence-corrected chi connectivity index (χ3v) is 13.9. The summed E-state index contributed by atoms with van der Waals surface area (Å²) in [6.45, 7) is 3.67. The molecule has 11 rings (SSSR count). The highest BCUT2D eigenvalue weighted by atomic mass is 35.5. The van der Waals surface area contributed by atoms with Crippen molar-refractivity contribution in [2.24, 2.45) is 28.7 Å². The van der Waals surface area contributed by atoms with E-state index >= 15 is 0 Å². The summed E-state index contributed by atoms with van der Waals surface area (Å²) in [6.07, 6.45) is 6.91. The Morgan fingerprint density at radius 2 is 1.62 bits per heavy atom.